The largest absolute Gasteiger partial charge is 0.469 e. The van der Waals surface area contributed by atoms with Crippen molar-refractivity contribution < 1.29 is 23.9 Å². The number of ether oxygens (including phenoxy) is 2. The Bertz CT molecular complexity index is 285. The fourth-order valence-electron chi connectivity index (χ4n) is 1.01. The summed E-state index contributed by atoms with van der Waals surface area (Å²) in [5, 5.41) is 2.32. The van der Waals surface area contributed by atoms with Gasteiger partial charge < -0.3 is 20.5 Å². The zero-order valence-corrected chi connectivity index (χ0v) is 11.2. The van der Waals surface area contributed by atoms with Crippen LogP contribution in [0.15, 0.2) is 0 Å². The van der Waals surface area contributed by atoms with Gasteiger partial charge in [0.2, 0.25) is 5.91 Å². The SMILES string of the molecule is CCOC(=O)CNC(=O)C(N)CCC(=O)OC.Cl. The van der Waals surface area contributed by atoms with Gasteiger partial charge in [-0.15, -0.1) is 12.4 Å². The van der Waals surface area contributed by atoms with Crippen LogP contribution in [0.2, 0.25) is 0 Å². The van der Waals surface area contributed by atoms with Crippen molar-refractivity contribution in [1.29, 1.82) is 0 Å². The van der Waals surface area contributed by atoms with E-state index >= 15 is 0 Å². The fourth-order valence-corrected chi connectivity index (χ4v) is 1.01. The van der Waals surface area contributed by atoms with E-state index in [0.717, 1.165) is 0 Å². The number of esters is 2. The van der Waals surface area contributed by atoms with E-state index in [-0.39, 0.29) is 38.4 Å². The Morgan fingerprint density at radius 1 is 1.28 bits per heavy atom. The summed E-state index contributed by atoms with van der Waals surface area (Å²) in [4.78, 5) is 33.1. The first-order chi connectivity index (χ1) is 8.01. The topological polar surface area (TPSA) is 108 Å². The number of halogens is 1. The van der Waals surface area contributed by atoms with E-state index in [1.54, 1.807) is 6.92 Å². The third kappa shape index (κ3) is 8.77. The van der Waals surface area contributed by atoms with Crippen LogP contribution in [0.5, 0.6) is 0 Å². The van der Waals surface area contributed by atoms with Crippen LogP contribution >= 0.6 is 12.4 Å². The summed E-state index contributed by atoms with van der Waals surface area (Å²) in [6.07, 6.45) is 0.228. The quantitative estimate of drug-likeness (QED) is 0.602. The summed E-state index contributed by atoms with van der Waals surface area (Å²) in [5.41, 5.74) is 5.51. The van der Waals surface area contributed by atoms with E-state index in [9.17, 15) is 14.4 Å². The molecule has 0 saturated carbocycles. The van der Waals surface area contributed by atoms with E-state index < -0.39 is 23.9 Å². The number of hydrogen-bond donors (Lipinski definition) is 2. The van der Waals surface area contributed by atoms with Crippen molar-refractivity contribution in [3.05, 3.63) is 0 Å². The normalized spacial score (nSPS) is 10.8. The molecule has 0 radical (unpaired) electrons. The molecule has 0 aliphatic carbocycles. The number of methoxy groups -OCH3 is 1. The van der Waals surface area contributed by atoms with Gasteiger partial charge in [0.05, 0.1) is 19.8 Å². The molecule has 0 aliphatic rings. The molecule has 1 atom stereocenters. The van der Waals surface area contributed by atoms with E-state index in [0.29, 0.717) is 0 Å². The van der Waals surface area contributed by atoms with Gasteiger partial charge in [0.25, 0.3) is 0 Å². The molecular formula is C10H19ClN2O5. The molecular weight excluding hydrogens is 264 g/mol. The maximum absolute atomic E-state index is 11.4. The van der Waals surface area contributed by atoms with Crippen molar-refractivity contribution in [2.45, 2.75) is 25.8 Å². The molecule has 0 rings (SSSR count). The standard InChI is InChI=1S/C10H18N2O5.ClH/c1-3-17-9(14)6-12-10(15)7(11)4-5-8(13)16-2;/h7H,3-6,11H2,1-2H3,(H,12,15);1H. The summed E-state index contributed by atoms with van der Waals surface area (Å²) in [6, 6.07) is -0.844. The number of hydrogen-bond acceptors (Lipinski definition) is 6. The molecule has 7 nitrogen and oxygen atoms in total. The number of amides is 1. The van der Waals surface area contributed by atoms with E-state index in [2.05, 4.69) is 14.8 Å². The van der Waals surface area contributed by atoms with Gasteiger partial charge in [-0.2, -0.15) is 0 Å². The minimum atomic E-state index is -0.844. The van der Waals surface area contributed by atoms with Crippen molar-refractivity contribution in [3.63, 3.8) is 0 Å². The second kappa shape index (κ2) is 10.8. The Morgan fingerprint density at radius 2 is 1.89 bits per heavy atom. The molecule has 0 heterocycles. The van der Waals surface area contributed by atoms with Crippen molar-refractivity contribution in [1.82, 2.24) is 5.32 Å². The van der Waals surface area contributed by atoms with E-state index in [4.69, 9.17) is 5.73 Å². The lowest BCUT2D eigenvalue weighted by Crippen LogP contribution is -2.43. The van der Waals surface area contributed by atoms with Gasteiger partial charge in [-0.25, -0.2) is 0 Å². The second-order valence-electron chi connectivity index (χ2n) is 3.24. The molecule has 0 aromatic carbocycles. The van der Waals surface area contributed by atoms with E-state index in [1.807, 2.05) is 0 Å². The highest BCUT2D eigenvalue weighted by Gasteiger charge is 2.16. The highest BCUT2D eigenvalue weighted by atomic mass is 35.5. The Morgan fingerprint density at radius 3 is 2.39 bits per heavy atom. The summed E-state index contributed by atoms with van der Waals surface area (Å²) in [6.45, 7) is 1.70. The fraction of sp³-hybridized carbons (Fsp3) is 0.700. The van der Waals surface area contributed by atoms with Crippen molar-refractivity contribution in [2.24, 2.45) is 5.73 Å². The Hall–Kier alpha value is -1.34. The minimum Gasteiger partial charge on any atom is -0.469 e. The molecule has 18 heavy (non-hydrogen) atoms. The maximum Gasteiger partial charge on any atom is 0.325 e. The monoisotopic (exact) mass is 282 g/mol. The molecule has 8 heteroatoms. The molecule has 0 fully saturated rings. The number of nitrogens with one attached hydrogen (secondary N) is 1. The molecule has 0 aliphatic heterocycles. The molecule has 0 spiro atoms. The average Bonchev–Trinajstić information content (AvgIpc) is 2.32. The molecule has 106 valence electrons. The Balaban J connectivity index is 0. The molecule has 0 bridgehead atoms. The first-order valence-electron chi connectivity index (χ1n) is 5.27. The maximum atomic E-state index is 11.4. The lowest BCUT2D eigenvalue weighted by Gasteiger charge is -2.10. The van der Waals surface area contributed by atoms with Crippen LogP contribution in [0.3, 0.4) is 0 Å². The zero-order chi connectivity index (χ0) is 13.3. The highest BCUT2D eigenvalue weighted by molar-refractivity contribution is 5.86. The Labute approximate surface area is 112 Å². The predicted octanol–water partition coefficient (Wildman–Crippen LogP) is -0.632. The average molecular weight is 283 g/mol. The van der Waals surface area contributed by atoms with Crippen molar-refractivity contribution >= 4 is 30.3 Å². The van der Waals surface area contributed by atoms with Crippen molar-refractivity contribution in [2.75, 3.05) is 20.3 Å². The van der Waals surface area contributed by atoms with E-state index in [1.165, 1.54) is 7.11 Å². The first-order valence-corrected chi connectivity index (χ1v) is 5.27. The second-order valence-corrected chi connectivity index (χ2v) is 3.24. The lowest BCUT2D eigenvalue weighted by molar-refractivity contribution is -0.144. The van der Waals surface area contributed by atoms with Crippen LogP contribution < -0.4 is 11.1 Å². The predicted molar refractivity (Wildman–Crippen MR) is 66.1 cm³/mol. The van der Waals surface area contributed by atoms with Crippen LogP contribution in [0.25, 0.3) is 0 Å². The summed E-state index contributed by atoms with van der Waals surface area (Å²) < 4.78 is 9.03. The van der Waals surface area contributed by atoms with Gasteiger partial charge in [0.1, 0.15) is 6.54 Å². The Kier molecular flexibility index (Phi) is 11.4. The molecule has 1 amide bonds. The number of nitrogens with two attached hydrogens (primary N) is 1. The molecule has 3 N–H and O–H groups in total. The van der Waals surface area contributed by atoms with Gasteiger partial charge in [-0.1, -0.05) is 0 Å². The number of carbonyl (C=O) groups is 3. The van der Waals surface area contributed by atoms with Crippen LogP contribution in [-0.4, -0.2) is 44.1 Å². The lowest BCUT2D eigenvalue weighted by atomic mass is 10.1. The third-order valence-electron chi connectivity index (χ3n) is 1.94. The van der Waals surface area contributed by atoms with Crippen LogP contribution in [0.1, 0.15) is 19.8 Å². The van der Waals surface area contributed by atoms with Gasteiger partial charge in [0, 0.05) is 6.42 Å². The summed E-state index contributed by atoms with van der Waals surface area (Å²) in [7, 11) is 1.26. The zero-order valence-electron chi connectivity index (χ0n) is 10.4. The number of rotatable bonds is 7. The van der Waals surface area contributed by atoms with Gasteiger partial charge in [0.15, 0.2) is 0 Å². The molecule has 0 saturated heterocycles. The first kappa shape index (κ1) is 19.0. The van der Waals surface area contributed by atoms with Crippen LogP contribution in [0.4, 0.5) is 0 Å². The summed E-state index contributed by atoms with van der Waals surface area (Å²) >= 11 is 0. The third-order valence-corrected chi connectivity index (χ3v) is 1.94. The van der Waals surface area contributed by atoms with Gasteiger partial charge in [-0.05, 0) is 13.3 Å². The highest BCUT2D eigenvalue weighted by Crippen LogP contribution is 1.96. The van der Waals surface area contributed by atoms with Gasteiger partial charge >= 0.3 is 11.9 Å². The summed E-state index contributed by atoms with van der Waals surface area (Å²) in [5.74, 6) is -1.46. The number of carbonyl (C=O) groups excluding carboxylic acids is 3. The molecule has 0 aromatic heterocycles. The van der Waals surface area contributed by atoms with Gasteiger partial charge in [-0.3, -0.25) is 14.4 Å². The smallest absolute Gasteiger partial charge is 0.325 e. The molecule has 0 aromatic rings. The molecule has 1 unspecified atom stereocenters. The van der Waals surface area contributed by atoms with Crippen LogP contribution in [0, 0.1) is 0 Å². The van der Waals surface area contributed by atoms with Crippen LogP contribution in [-0.2, 0) is 23.9 Å². The minimum absolute atomic E-state index is 0. The van der Waals surface area contributed by atoms with Crippen molar-refractivity contribution in [3.8, 4) is 0 Å².